The molecule has 82 valence electrons. The second-order valence-corrected chi connectivity index (χ2v) is 4.64. The third-order valence-corrected chi connectivity index (χ3v) is 3.21. The van der Waals surface area contributed by atoms with Crippen LogP contribution in [0.15, 0.2) is 40.4 Å². The first kappa shape index (κ1) is 11.0. The molecule has 0 fully saturated rings. The first-order valence-corrected chi connectivity index (χ1v) is 5.80. The van der Waals surface area contributed by atoms with E-state index in [2.05, 4.69) is 9.97 Å². The van der Waals surface area contributed by atoms with Crippen molar-refractivity contribution in [1.29, 1.82) is 0 Å². The van der Waals surface area contributed by atoms with Gasteiger partial charge in [-0.2, -0.15) is 0 Å². The molecule has 0 amide bonds. The van der Waals surface area contributed by atoms with Crippen LogP contribution in [0.3, 0.4) is 0 Å². The summed E-state index contributed by atoms with van der Waals surface area (Å²) in [6.07, 6.45) is 1.78. The quantitative estimate of drug-likeness (QED) is 0.807. The number of aromatic nitrogens is 2. The summed E-state index contributed by atoms with van der Waals surface area (Å²) in [7, 11) is 0. The lowest BCUT2D eigenvalue weighted by Gasteiger charge is -2.04. The standard InChI is InChI=1S/C12H13N3S/c1-8-7-14-9(2)12(15-8)16-11-5-3-10(13)4-6-11/h3-7H,13H2,1-2H3. The Bertz CT molecular complexity index is 494. The minimum absolute atomic E-state index is 0.774. The minimum Gasteiger partial charge on any atom is -0.399 e. The molecule has 0 saturated heterocycles. The monoisotopic (exact) mass is 231 g/mol. The van der Waals surface area contributed by atoms with Crippen LogP contribution in [0, 0.1) is 13.8 Å². The van der Waals surface area contributed by atoms with Gasteiger partial charge in [-0.05, 0) is 38.1 Å². The maximum absolute atomic E-state index is 5.64. The zero-order chi connectivity index (χ0) is 11.5. The molecule has 1 heterocycles. The second-order valence-electron chi connectivity index (χ2n) is 3.57. The number of aryl methyl sites for hydroxylation is 2. The van der Waals surface area contributed by atoms with E-state index in [0.29, 0.717) is 0 Å². The van der Waals surface area contributed by atoms with Crippen LogP contribution in [0.4, 0.5) is 5.69 Å². The van der Waals surface area contributed by atoms with Crippen molar-refractivity contribution in [2.75, 3.05) is 5.73 Å². The molecule has 3 nitrogen and oxygen atoms in total. The molecule has 0 radical (unpaired) electrons. The van der Waals surface area contributed by atoms with E-state index in [-0.39, 0.29) is 0 Å². The maximum Gasteiger partial charge on any atom is 0.122 e. The average Bonchev–Trinajstić information content (AvgIpc) is 2.27. The smallest absolute Gasteiger partial charge is 0.122 e. The van der Waals surface area contributed by atoms with Gasteiger partial charge in [-0.25, -0.2) is 4.98 Å². The van der Waals surface area contributed by atoms with Gasteiger partial charge in [-0.3, -0.25) is 4.98 Å². The van der Waals surface area contributed by atoms with Gasteiger partial charge in [0.15, 0.2) is 0 Å². The summed E-state index contributed by atoms with van der Waals surface area (Å²) in [5, 5.41) is 0.949. The minimum atomic E-state index is 0.774. The largest absolute Gasteiger partial charge is 0.399 e. The van der Waals surface area contributed by atoms with E-state index in [9.17, 15) is 0 Å². The number of nitrogens with zero attached hydrogens (tertiary/aromatic N) is 2. The Morgan fingerprint density at radius 1 is 1.12 bits per heavy atom. The van der Waals surface area contributed by atoms with Crippen LogP contribution in [-0.2, 0) is 0 Å². The molecule has 0 aliphatic rings. The Morgan fingerprint density at radius 3 is 2.50 bits per heavy atom. The summed E-state index contributed by atoms with van der Waals surface area (Å²) in [6.45, 7) is 3.91. The SMILES string of the molecule is Cc1cnc(C)c(Sc2ccc(N)cc2)n1. The third-order valence-electron chi connectivity index (χ3n) is 2.13. The Morgan fingerprint density at radius 2 is 1.81 bits per heavy atom. The van der Waals surface area contributed by atoms with Crippen LogP contribution in [0.2, 0.25) is 0 Å². The van der Waals surface area contributed by atoms with E-state index >= 15 is 0 Å². The van der Waals surface area contributed by atoms with Crippen molar-refractivity contribution in [2.24, 2.45) is 0 Å². The molecular formula is C12H13N3S. The fraction of sp³-hybridized carbons (Fsp3) is 0.167. The lowest BCUT2D eigenvalue weighted by Crippen LogP contribution is -1.92. The van der Waals surface area contributed by atoms with Crippen molar-refractivity contribution in [3.63, 3.8) is 0 Å². The van der Waals surface area contributed by atoms with E-state index in [1.807, 2.05) is 38.1 Å². The van der Waals surface area contributed by atoms with Crippen molar-refractivity contribution >= 4 is 17.4 Å². The summed E-state index contributed by atoms with van der Waals surface area (Å²) in [6, 6.07) is 7.76. The Balaban J connectivity index is 2.26. The number of nitrogen functional groups attached to an aromatic ring is 1. The zero-order valence-electron chi connectivity index (χ0n) is 9.27. The van der Waals surface area contributed by atoms with Crippen LogP contribution in [0.5, 0.6) is 0 Å². The van der Waals surface area contributed by atoms with Gasteiger partial charge in [-0.1, -0.05) is 11.8 Å². The van der Waals surface area contributed by atoms with Crippen LogP contribution in [0.25, 0.3) is 0 Å². The molecule has 1 aromatic heterocycles. The maximum atomic E-state index is 5.64. The summed E-state index contributed by atoms with van der Waals surface area (Å²) in [5.74, 6) is 0. The fourth-order valence-electron chi connectivity index (χ4n) is 1.26. The number of nitrogens with two attached hydrogens (primary N) is 1. The highest BCUT2D eigenvalue weighted by molar-refractivity contribution is 7.99. The Labute approximate surface area is 99.1 Å². The van der Waals surface area contributed by atoms with Crippen LogP contribution >= 0.6 is 11.8 Å². The van der Waals surface area contributed by atoms with E-state index < -0.39 is 0 Å². The summed E-state index contributed by atoms with van der Waals surface area (Å²) in [4.78, 5) is 9.87. The average molecular weight is 231 g/mol. The molecule has 2 aromatic rings. The van der Waals surface area contributed by atoms with Crippen molar-refractivity contribution in [2.45, 2.75) is 23.8 Å². The molecule has 16 heavy (non-hydrogen) atoms. The number of benzene rings is 1. The molecular weight excluding hydrogens is 218 g/mol. The molecule has 0 atom stereocenters. The highest BCUT2D eigenvalue weighted by Crippen LogP contribution is 2.28. The van der Waals surface area contributed by atoms with E-state index in [1.165, 1.54) is 0 Å². The molecule has 2 rings (SSSR count). The van der Waals surface area contributed by atoms with Gasteiger partial charge in [-0.15, -0.1) is 0 Å². The molecule has 2 N–H and O–H groups in total. The van der Waals surface area contributed by atoms with Gasteiger partial charge >= 0.3 is 0 Å². The predicted octanol–water partition coefficient (Wildman–Crippen LogP) is 2.83. The van der Waals surface area contributed by atoms with Crippen molar-refractivity contribution in [1.82, 2.24) is 9.97 Å². The van der Waals surface area contributed by atoms with Crippen molar-refractivity contribution in [3.05, 3.63) is 41.9 Å². The topological polar surface area (TPSA) is 51.8 Å². The van der Waals surface area contributed by atoms with Gasteiger partial charge in [0.1, 0.15) is 5.03 Å². The lowest BCUT2D eigenvalue weighted by molar-refractivity contribution is 0.946. The Hall–Kier alpha value is -1.55. The summed E-state index contributed by atoms with van der Waals surface area (Å²) < 4.78 is 0. The van der Waals surface area contributed by atoms with Crippen molar-refractivity contribution in [3.8, 4) is 0 Å². The fourth-order valence-corrected chi connectivity index (χ4v) is 2.15. The highest BCUT2D eigenvalue weighted by Gasteiger charge is 2.04. The molecule has 0 aliphatic heterocycles. The number of hydrogen-bond donors (Lipinski definition) is 1. The first-order valence-electron chi connectivity index (χ1n) is 4.99. The lowest BCUT2D eigenvalue weighted by atomic mass is 10.3. The molecule has 1 aromatic carbocycles. The van der Waals surface area contributed by atoms with Crippen LogP contribution < -0.4 is 5.73 Å². The molecule has 0 aliphatic carbocycles. The summed E-state index contributed by atoms with van der Waals surface area (Å²) >= 11 is 1.61. The Kier molecular flexibility index (Phi) is 3.10. The number of hydrogen-bond acceptors (Lipinski definition) is 4. The summed E-state index contributed by atoms with van der Waals surface area (Å²) in [5.41, 5.74) is 8.30. The molecule has 0 spiro atoms. The normalized spacial score (nSPS) is 10.4. The van der Waals surface area contributed by atoms with Gasteiger partial charge in [0.25, 0.3) is 0 Å². The van der Waals surface area contributed by atoms with E-state index in [0.717, 1.165) is 27.0 Å². The second kappa shape index (κ2) is 4.53. The molecule has 0 unspecified atom stereocenters. The van der Waals surface area contributed by atoms with Gasteiger partial charge in [0.05, 0.1) is 11.4 Å². The van der Waals surface area contributed by atoms with Crippen LogP contribution in [-0.4, -0.2) is 9.97 Å². The molecule has 0 saturated carbocycles. The predicted molar refractivity (Wildman–Crippen MR) is 66.5 cm³/mol. The first-order chi connectivity index (χ1) is 7.65. The van der Waals surface area contributed by atoms with E-state index in [1.54, 1.807) is 18.0 Å². The zero-order valence-corrected chi connectivity index (χ0v) is 10.1. The van der Waals surface area contributed by atoms with Gasteiger partial charge in [0.2, 0.25) is 0 Å². The number of anilines is 1. The molecule has 4 heteroatoms. The third kappa shape index (κ3) is 2.52. The van der Waals surface area contributed by atoms with Gasteiger partial charge in [0, 0.05) is 16.8 Å². The highest BCUT2D eigenvalue weighted by atomic mass is 32.2. The molecule has 0 bridgehead atoms. The van der Waals surface area contributed by atoms with E-state index in [4.69, 9.17) is 5.73 Å². The number of rotatable bonds is 2. The van der Waals surface area contributed by atoms with Gasteiger partial charge < -0.3 is 5.73 Å². The van der Waals surface area contributed by atoms with Crippen molar-refractivity contribution < 1.29 is 0 Å². The van der Waals surface area contributed by atoms with Crippen LogP contribution in [0.1, 0.15) is 11.4 Å².